The third kappa shape index (κ3) is 5.34. The second-order valence-electron chi connectivity index (χ2n) is 9.73. The van der Waals surface area contributed by atoms with E-state index in [0.717, 1.165) is 53.2 Å². The fraction of sp³-hybridized carbons (Fsp3) is 0.367. The molecule has 10 nitrogen and oxygen atoms in total. The van der Waals surface area contributed by atoms with Crippen LogP contribution in [-0.2, 0) is 6.54 Å². The molecule has 1 fully saturated rings. The molecule has 208 valence electrons. The molecule has 40 heavy (non-hydrogen) atoms. The number of nitro groups is 1. The number of hydrazone groups is 1. The van der Waals surface area contributed by atoms with Gasteiger partial charge in [-0.3, -0.25) is 19.6 Å². The summed E-state index contributed by atoms with van der Waals surface area (Å²) in [7, 11) is 0. The second kappa shape index (κ2) is 11.7. The minimum atomic E-state index is -0.583. The van der Waals surface area contributed by atoms with Crippen molar-refractivity contribution in [1.82, 2.24) is 14.8 Å². The van der Waals surface area contributed by atoms with Gasteiger partial charge in [-0.05, 0) is 87.1 Å². The van der Waals surface area contributed by atoms with Crippen LogP contribution in [0.15, 0.2) is 65.4 Å². The van der Waals surface area contributed by atoms with Crippen LogP contribution < -0.4 is 9.47 Å². The zero-order valence-electron chi connectivity index (χ0n) is 22.9. The van der Waals surface area contributed by atoms with Gasteiger partial charge >= 0.3 is 11.6 Å². The molecule has 0 spiro atoms. The third-order valence-corrected chi connectivity index (χ3v) is 7.24. The number of benzene rings is 2. The molecule has 10 heteroatoms. The first-order valence-electron chi connectivity index (χ1n) is 13.7. The van der Waals surface area contributed by atoms with Crippen molar-refractivity contribution in [2.24, 2.45) is 11.0 Å². The monoisotopic (exact) mass is 543 g/mol. The van der Waals surface area contributed by atoms with Crippen LogP contribution in [0.4, 0.5) is 5.69 Å². The summed E-state index contributed by atoms with van der Waals surface area (Å²) in [6.45, 7) is 7.25. The Bertz CT molecular complexity index is 1440. The standard InChI is InChI=1S/C30H33N5O5/c1-4-33-19-26(35(37)38)28(31-33)30(36)34-29(21-12-16-24(17-13-21)40-6-3)25-9-7-8-22(27(25)32-34)18-20-10-14-23(15-11-20)39-5-2/h10-19,25,29H,4-9H2,1-3H3/b22-18+/t25-,29+/m1/s1. The van der Waals surface area contributed by atoms with Crippen molar-refractivity contribution < 1.29 is 19.2 Å². The van der Waals surface area contributed by atoms with E-state index in [1.807, 2.05) is 69.3 Å². The number of ether oxygens (including phenoxy) is 2. The van der Waals surface area contributed by atoms with E-state index in [9.17, 15) is 14.9 Å². The number of rotatable bonds is 9. The number of allylic oxidation sites excluding steroid dienone is 1. The lowest BCUT2D eigenvalue weighted by Crippen LogP contribution is -2.32. The highest BCUT2D eigenvalue weighted by Gasteiger charge is 2.45. The van der Waals surface area contributed by atoms with Crippen molar-refractivity contribution in [2.45, 2.75) is 52.6 Å². The highest BCUT2D eigenvalue weighted by molar-refractivity contribution is 6.09. The Morgan fingerprint density at radius 3 is 2.30 bits per heavy atom. The number of aromatic nitrogens is 2. The van der Waals surface area contributed by atoms with Crippen molar-refractivity contribution >= 4 is 23.4 Å². The van der Waals surface area contributed by atoms with Crippen LogP contribution in [0.1, 0.15) is 67.7 Å². The SMILES string of the molecule is CCOc1ccc(/C=C2\CCC[C@@H]3C2=NN(C(=O)c2nn(CC)cc2[N+](=O)[O-])[C@H]3c2ccc(OCC)cc2)cc1. The van der Waals surface area contributed by atoms with Crippen molar-refractivity contribution in [1.29, 1.82) is 0 Å². The Hall–Kier alpha value is -4.47. The highest BCUT2D eigenvalue weighted by Crippen LogP contribution is 2.45. The summed E-state index contributed by atoms with van der Waals surface area (Å²) in [5.74, 6) is 0.905. The fourth-order valence-corrected chi connectivity index (χ4v) is 5.42. The fourth-order valence-electron chi connectivity index (χ4n) is 5.42. The van der Waals surface area contributed by atoms with E-state index in [1.165, 1.54) is 15.9 Å². The molecule has 2 aliphatic rings. The predicted molar refractivity (Wildman–Crippen MR) is 151 cm³/mol. The lowest BCUT2D eigenvalue weighted by molar-refractivity contribution is -0.385. The minimum absolute atomic E-state index is 0.0584. The second-order valence-corrected chi connectivity index (χ2v) is 9.73. The summed E-state index contributed by atoms with van der Waals surface area (Å²) in [6.07, 6.45) is 6.01. The molecule has 1 saturated carbocycles. The van der Waals surface area contributed by atoms with Gasteiger partial charge in [-0.2, -0.15) is 10.2 Å². The Kier molecular flexibility index (Phi) is 7.95. The van der Waals surface area contributed by atoms with E-state index in [2.05, 4.69) is 11.2 Å². The van der Waals surface area contributed by atoms with Gasteiger partial charge in [0.25, 0.3) is 0 Å². The number of carbonyl (C=O) groups is 1. The van der Waals surface area contributed by atoms with E-state index in [0.29, 0.717) is 19.8 Å². The van der Waals surface area contributed by atoms with E-state index >= 15 is 0 Å². The Labute approximate surface area is 233 Å². The Balaban J connectivity index is 1.56. The summed E-state index contributed by atoms with van der Waals surface area (Å²) < 4.78 is 12.6. The molecule has 0 radical (unpaired) electrons. The number of nitrogens with zero attached hydrogens (tertiary/aromatic N) is 5. The smallest absolute Gasteiger partial charge is 0.320 e. The molecule has 0 unspecified atom stereocenters. The molecular weight excluding hydrogens is 510 g/mol. The number of carbonyl (C=O) groups excluding carboxylic acids is 1. The number of hydrogen-bond acceptors (Lipinski definition) is 7. The van der Waals surface area contributed by atoms with E-state index in [-0.39, 0.29) is 17.3 Å². The maximum absolute atomic E-state index is 13.9. The molecule has 2 atom stereocenters. The lowest BCUT2D eigenvalue weighted by Gasteiger charge is -2.29. The topological polar surface area (TPSA) is 112 Å². The molecule has 0 saturated heterocycles. The average Bonchev–Trinajstić information content (AvgIpc) is 3.58. The van der Waals surface area contributed by atoms with Crippen molar-refractivity contribution in [2.75, 3.05) is 13.2 Å². The zero-order valence-corrected chi connectivity index (χ0v) is 22.9. The average molecular weight is 544 g/mol. The molecule has 3 aromatic rings. The maximum atomic E-state index is 13.9. The maximum Gasteiger partial charge on any atom is 0.320 e. The third-order valence-electron chi connectivity index (χ3n) is 7.24. The van der Waals surface area contributed by atoms with Crippen molar-refractivity contribution in [3.63, 3.8) is 0 Å². The van der Waals surface area contributed by atoms with Crippen molar-refractivity contribution in [3.8, 4) is 11.5 Å². The first-order valence-corrected chi connectivity index (χ1v) is 13.7. The zero-order chi connectivity index (χ0) is 28.2. The van der Waals surface area contributed by atoms with Crippen LogP contribution in [-0.4, -0.2) is 44.5 Å². The van der Waals surface area contributed by atoms with E-state index in [1.54, 1.807) is 0 Å². The summed E-state index contributed by atoms with van der Waals surface area (Å²) >= 11 is 0. The number of aryl methyl sites for hydroxylation is 1. The Morgan fingerprint density at radius 2 is 1.70 bits per heavy atom. The van der Waals surface area contributed by atoms with E-state index < -0.39 is 16.9 Å². The van der Waals surface area contributed by atoms with Gasteiger partial charge in [-0.1, -0.05) is 24.3 Å². The van der Waals surface area contributed by atoms with Gasteiger partial charge in [-0.15, -0.1) is 0 Å². The number of amides is 1. The largest absolute Gasteiger partial charge is 0.494 e. The molecule has 1 aliphatic carbocycles. The van der Waals surface area contributed by atoms with Gasteiger partial charge in [0, 0.05) is 12.5 Å². The molecule has 2 heterocycles. The molecule has 0 N–H and O–H groups in total. The Morgan fingerprint density at radius 1 is 1.05 bits per heavy atom. The number of hydrogen-bond donors (Lipinski definition) is 0. The molecule has 1 aliphatic heterocycles. The van der Waals surface area contributed by atoms with Crippen LogP contribution in [0.2, 0.25) is 0 Å². The van der Waals surface area contributed by atoms with Crippen LogP contribution in [0.25, 0.3) is 6.08 Å². The molecule has 1 amide bonds. The van der Waals surface area contributed by atoms with Gasteiger partial charge in [0.1, 0.15) is 17.7 Å². The van der Waals surface area contributed by atoms with Gasteiger partial charge in [0.05, 0.1) is 29.9 Å². The van der Waals surface area contributed by atoms with Crippen LogP contribution in [0.5, 0.6) is 11.5 Å². The summed E-state index contributed by atoms with van der Waals surface area (Å²) in [5, 5.41) is 22.3. The quantitative estimate of drug-likeness (QED) is 0.240. The predicted octanol–water partition coefficient (Wildman–Crippen LogP) is 6.05. The summed E-state index contributed by atoms with van der Waals surface area (Å²) in [5.41, 5.74) is 3.27. The molecular formula is C30H33N5O5. The van der Waals surface area contributed by atoms with Gasteiger partial charge in [0.2, 0.25) is 5.69 Å². The van der Waals surface area contributed by atoms with Crippen molar-refractivity contribution in [3.05, 3.63) is 87.2 Å². The molecule has 2 aromatic carbocycles. The van der Waals surface area contributed by atoms with Gasteiger partial charge in [0.15, 0.2) is 0 Å². The first-order chi connectivity index (χ1) is 19.4. The highest BCUT2D eigenvalue weighted by atomic mass is 16.6. The lowest BCUT2D eigenvalue weighted by atomic mass is 9.77. The van der Waals surface area contributed by atoms with Gasteiger partial charge < -0.3 is 9.47 Å². The molecule has 0 bridgehead atoms. The van der Waals surface area contributed by atoms with Crippen LogP contribution in [0, 0.1) is 16.0 Å². The molecule has 5 rings (SSSR count). The first kappa shape index (κ1) is 27.1. The van der Waals surface area contributed by atoms with Crippen LogP contribution in [0.3, 0.4) is 0 Å². The van der Waals surface area contributed by atoms with E-state index in [4.69, 9.17) is 14.6 Å². The summed E-state index contributed by atoms with van der Waals surface area (Å²) in [4.78, 5) is 25.2. The number of fused-ring (bicyclic) bond motifs is 1. The van der Waals surface area contributed by atoms with Gasteiger partial charge in [-0.25, -0.2) is 5.01 Å². The molecule has 1 aromatic heterocycles. The minimum Gasteiger partial charge on any atom is -0.494 e. The summed E-state index contributed by atoms with van der Waals surface area (Å²) in [6, 6.07) is 15.1. The van der Waals surface area contributed by atoms with Crippen LogP contribution >= 0.6 is 0 Å². The normalized spacial score (nSPS) is 19.3.